The summed E-state index contributed by atoms with van der Waals surface area (Å²) in [5, 5.41) is 10.2. The standard InChI is InChI=1S/C28H29N3O5S/c1-20(21-6-3-2-4-7-21)36-23-9-11-24(12-10-23)37(34,35)31-16-13-22(14-17-31)26-18-30(19-27(32)33)28-25(26)8-5-15-29-28/h2-12,15,18,20,22H,13-14,16-17,19H2,1H3,(H,32,33). The van der Waals surface area contributed by atoms with Crippen molar-refractivity contribution in [2.75, 3.05) is 13.1 Å². The van der Waals surface area contributed by atoms with Crippen LogP contribution in [0.2, 0.25) is 0 Å². The number of hydrogen-bond acceptors (Lipinski definition) is 5. The lowest BCUT2D eigenvalue weighted by molar-refractivity contribution is -0.137. The van der Waals surface area contributed by atoms with Gasteiger partial charge in [-0.25, -0.2) is 13.4 Å². The molecule has 1 atom stereocenters. The predicted octanol–water partition coefficient (Wildman–Crippen LogP) is 4.83. The predicted molar refractivity (Wildman–Crippen MR) is 140 cm³/mol. The number of hydrogen-bond donors (Lipinski definition) is 1. The summed E-state index contributed by atoms with van der Waals surface area (Å²) in [6.45, 7) is 2.58. The molecule has 1 aliphatic rings. The first-order chi connectivity index (χ1) is 17.8. The molecular weight excluding hydrogens is 490 g/mol. The van der Waals surface area contributed by atoms with Crippen LogP contribution >= 0.6 is 0 Å². The molecule has 2 aromatic heterocycles. The molecule has 0 amide bonds. The van der Waals surface area contributed by atoms with Crippen molar-refractivity contribution in [1.82, 2.24) is 13.9 Å². The van der Waals surface area contributed by atoms with Gasteiger partial charge in [0.1, 0.15) is 24.0 Å². The maximum absolute atomic E-state index is 13.3. The molecule has 2 aromatic carbocycles. The van der Waals surface area contributed by atoms with Crippen LogP contribution in [0.4, 0.5) is 0 Å². The summed E-state index contributed by atoms with van der Waals surface area (Å²) in [4.78, 5) is 15.9. The van der Waals surface area contributed by atoms with Crippen molar-refractivity contribution in [3.05, 3.63) is 90.3 Å². The lowest BCUT2D eigenvalue weighted by atomic mass is 9.90. The molecule has 1 saturated heterocycles. The van der Waals surface area contributed by atoms with Crippen LogP contribution in [-0.2, 0) is 21.4 Å². The highest BCUT2D eigenvalue weighted by Crippen LogP contribution is 2.35. The van der Waals surface area contributed by atoms with E-state index < -0.39 is 16.0 Å². The minimum Gasteiger partial charge on any atom is -0.486 e. The van der Waals surface area contributed by atoms with Gasteiger partial charge in [-0.1, -0.05) is 30.3 Å². The van der Waals surface area contributed by atoms with E-state index in [4.69, 9.17) is 4.74 Å². The lowest BCUT2D eigenvalue weighted by Crippen LogP contribution is -2.37. The summed E-state index contributed by atoms with van der Waals surface area (Å²) >= 11 is 0. The Labute approximate surface area is 216 Å². The van der Waals surface area contributed by atoms with Gasteiger partial charge in [-0.15, -0.1) is 0 Å². The average Bonchev–Trinajstić information content (AvgIpc) is 3.27. The molecular formula is C28H29N3O5S. The number of aliphatic carboxylic acids is 1. The number of fused-ring (bicyclic) bond motifs is 1. The second-order valence-electron chi connectivity index (χ2n) is 9.30. The van der Waals surface area contributed by atoms with Crippen LogP contribution in [0.1, 0.15) is 42.9 Å². The van der Waals surface area contributed by atoms with Crippen molar-refractivity contribution in [1.29, 1.82) is 0 Å². The molecule has 37 heavy (non-hydrogen) atoms. The van der Waals surface area contributed by atoms with Crippen LogP contribution < -0.4 is 4.74 Å². The molecule has 0 saturated carbocycles. The van der Waals surface area contributed by atoms with Crippen molar-refractivity contribution >= 4 is 27.0 Å². The van der Waals surface area contributed by atoms with Crippen LogP contribution in [0.25, 0.3) is 11.0 Å². The molecule has 5 rings (SSSR count). The monoisotopic (exact) mass is 519 g/mol. The number of pyridine rings is 1. The number of benzene rings is 2. The first kappa shape index (κ1) is 25.0. The van der Waals surface area contributed by atoms with Crippen LogP contribution in [0.3, 0.4) is 0 Å². The Morgan fingerprint density at radius 2 is 1.76 bits per heavy atom. The molecule has 1 aliphatic heterocycles. The fourth-order valence-electron chi connectivity index (χ4n) is 4.98. The first-order valence-electron chi connectivity index (χ1n) is 12.3. The van der Waals surface area contributed by atoms with Gasteiger partial charge in [0.2, 0.25) is 10.0 Å². The minimum absolute atomic E-state index is 0.128. The van der Waals surface area contributed by atoms with Crippen molar-refractivity contribution in [3.63, 3.8) is 0 Å². The zero-order valence-electron chi connectivity index (χ0n) is 20.5. The summed E-state index contributed by atoms with van der Waals surface area (Å²) in [5.41, 5.74) is 2.71. The topological polar surface area (TPSA) is 102 Å². The second-order valence-corrected chi connectivity index (χ2v) is 11.2. The number of sulfonamides is 1. The van der Waals surface area contributed by atoms with Crippen molar-refractivity contribution in [2.24, 2.45) is 0 Å². The molecule has 8 nitrogen and oxygen atoms in total. The van der Waals surface area contributed by atoms with Gasteiger partial charge in [0.25, 0.3) is 0 Å². The van der Waals surface area contributed by atoms with E-state index in [-0.39, 0.29) is 23.5 Å². The van der Waals surface area contributed by atoms with Gasteiger partial charge in [0.05, 0.1) is 4.90 Å². The number of carboxylic acid groups (broad SMARTS) is 1. The van der Waals surface area contributed by atoms with E-state index in [0.717, 1.165) is 16.5 Å². The first-order valence-corrected chi connectivity index (χ1v) is 13.7. The molecule has 1 unspecified atom stereocenters. The Morgan fingerprint density at radius 3 is 2.43 bits per heavy atom. The van der Waals surface area contributed by atoms with Crippen LogP contribution in [-0.4, -0.2) is 46.4 Å². The molecule has 0 radical (unpaired) electrons. The highest BCUT2D eigenvalue weighted by atomic mass is 32.2. The summed E-state index contributed by atoms with van der Waals surface area (Å²) in [5.74, 6) is -0.190. The highest BCUT2D eigenvalue weighted by Gasteiger charge is 2.31. The van der Waals surface area contributed by atoms with Gasteiger partial charge in [-0.3, -0.25) is 4.79 Å². The average molecular weight is 520 g/mol. The van der Waals surface area contributed by atoms with E-state index >= 15 is 0 Å². The lowest BCUT2D eigenvalue weighted by Gasteiger charge is -2.31. The van der Waals surface area contributed by atoms with Crippen molar-refractivity contribution in [3.8, 4) is 5.75 Å². The van der Waals surface area contributed by atoms with Crippen molar-refractivity contribution in [2.45, 2.75) is 43.2 Å². The number of aromatic nitrogens is 2. The fraction of sp³-hybridized carbons (Fsp3) is 0.286. The van der Waals surface area contributed by atoms with E-state index in [9.17, 15) is 18.3 Å². The number of nitrogens with zero attached hydrogens (tertiary/aromatic N) is 3. The smallest absolute Gasteiger partial charge is 0.323 e. The van der Waals surface area contributed by atoms with Gasteiger partial charge in [0.15, 0.2) is 0 Å². The van der Waals surface area contributed by atoms with Crippen LogP contribution in [0, 0.1) is 0 Å². The van der Waals surface area contributed by atoms with Gasteiger partial charge in [-0.05, 0) is 73.2 Å². The third kappa shape index (κ3) is 5.23. The Bertz CT molecular complexity index is 1490. The highest BCUT2D eigenvalue weighted by molar-refractivity contribution is 7.89. The Kier molecular flexibility index (Phi) is 6.99. The number of piperidine rings is 1. The van der Waals surface area contributed by atoms with E-state index in [0.29, 0.717) is 37.3 Å². The molecule has 0 spiro atoms. The summed E-state index contributed by atoms with van der Waals surface area (Å²) in [6.07, 6.45) is 4.65. The van der Waals surface area contributed by atoms with E-state index in [1.165, 1.54) is 4.31 Å². The number of rotatable bonds is 8. The number of ether oxygens (including phenoxy) is 1. The normalized spacial score (nSPS) is 16.0. The second kappa shape index (κ2) is 10.4. The maximum Gasteiger partial charge on any atom is 0.323 e. The SMILES string of the molecule is CC(Oc1ccc(S(=O)(=O)N2CCC(c3cn(CC(=O)O)c4ncccc34)CC2)cc1)c1ccccc1. The quantitative estimate of drug-likeness (QED) is 0.358. The molecule has 1 N–H and O–H groups in total. The maximum atomic E-state index is 13.3. The Morgan fingerprint density at radius 1 is 1.05 bits per heavy atom. The fourth-order valence-corrected chi connectivity index (χ4v) is 6.45. The zero-order chi connectivity index (χ0) is 26.0. The largest absolute Gasteiger partial charge is 0.486 e. The molecule has 1 fully saturated rings. The van der Waals surface area contributed by atoms with Crippen molar-refractivity contribution < 1.29 is 23.1 Å². The minimum atomic E-state index is -3.64. The van der Waals surface area contributed by atoms with E-state index in [1.807, 2.05) is 55.6 Å². The molecule has 0 bridgehead atoms. The number of carboxylic acids is 1. The summed E-state index contributed by atoms with van der Waals surface area (Å²) in [7, 11) is -3.64. The van der Waals surface area contributed by atoms with E-state index in [2.05, 4.69) is 4.98 Å². The van der Waals surface area contributed by atoms with Crippen LogP contribution in [0.15, 0.2) is 84.0 Å². The Hall–Kier alpha value is -3.69. The third-order valence-corrected chi connectivity index (χ3v) is 8.82. The molecule has 4 aromatic rings. The van der Waals surface area contributed by atoms with E-state index in [1.54, 1.807) is 35.0 Å². The van der Waals surface area contributed by atoms with Gasteiger partial charge in [-0.2, -0.15) is 4.31 Å². The zero-order valence-corrected chi connectivity index (χ0v) is 21.3. The van der Waals surface area contributed by atoms with Crippen LogP contribution in [0.5, 0.6) is 5.75 Å². The van der Waals surface area contributed by atoms with Gasteiger partial charge < -0.3 is 14.4 Å². The number of carbonyl (C=O) groups is 1. The molecule has 0 aliphatic carbocycles. The molecule has 9 heteroatoms. The summed E-state index contributed by atoms with van der Waals surface area (Å²) in [6, 6.07) is 20.2. The molecule has 192 valence electrons. The summed E-state index contributed by atoms with van der Waals surface area (Å²) < 4.78 is 35.8. The third-order valence-electron chi connectivity index (χ3n) is 6.91. The Balaban J connectivity index is 1.26. The van der Waals surface area contributed by atoms with Gasteiger partial charge >= 0.3 is 5.97 Å². The van der Waals surface area contributed by atoms with Gasteiger partial charge in [0, 0.05) is 30.9 Å². The molecule has 3 heterocycles.